The highest BCUT2D eigenvalue weighted by Gasteiger charge is 2.21. The molecule has 0 fully saturated rings. The van der Waals surface area contributed by atoms with Crippen molar-refractivity contribution in [3.8, 4) is 5.69 Å². The summed E-state index contributed by atoms with van der Waals surface area (Å²) in [7, 11) is 0. The van der Waals surface area contributed by atoms with E-state index in [1.807, 2.05) is 37.3 Å². The minimum Gasteiger partial charge on any atom is -0.310 e. The number of hydrogen-bond acceptors (Lipinski definition) is 2. The average Bonchev–Trinajstić information content (AvgIpc) is 2.99. The summed E-state index contributed by atoms with van der Waals surface area (Å²) in [5.74, 6) is 0.0412. The van der Waals surface area contributed by atoms with Gasteiger partial charge < -0.3 is 5.32 Å². The molecular weight excluding hydrogens is 341 g/mol. The Labute approximate surface area is 159 Å². The highest BCUT2D eigenvalue weighted by Crippen LogP contribution is 2.26. The summed E-state index contributed by atoms with van der Waals surface area (Å²) < 4.78 is 15.1. The maximum absolute atomic E-state index is 13.4. The van der Waals surface area contributed by atoms with Gasteiger partial charge in [-0.05, 0) is 36.8 Å². The number of amides is 1. The van der Waals surface area contributed by atoms with Crippen LogP contribution in [0.5, 0.6) is 0 Å². The molecule has 27 heavy (non-hydrogen) atoms. The van der Waals surface area contributed by atoms with Crippen molar-refractivity contribution in [3.63, 3.8) is 0 Å². The van der Waals surface area contributed by atoms with Gasteiger partial charge in [-0.25, -0.2) is 9.07 Å². The Morgan fingerprint density at radius 2 is 1.81 bits per heavy atom. The van der Waals surface area contributed by atoms with Crippen LogP contribution >= 0.6 is 0 Å². The minimum atomic E-state index is -0.347. The van der Waals surface area contributed by atoms with Crippen LogP contribution in [0.3, 0.4) is 0 Å². The van der Waals surface area contributed by atoms with Gasteiger partial charge in [-0.3, -0.25) is 4.79 Å². The van der Waals surface area contributed by atoms with Crippen LogP contribution in [0, 0.1) is 12.7 Å². The lowest BCUT2D eigenvalue weighted by Gasteiger charge is -2.14. The minimum absolute atomic E-state index is 0.0989. The Kier molecular flexibility index (Phi) is 5.13. The van der Waals surface area contributed by atoms with E-state index in [0.29, 0.717) is 11.4 Å². The van der Waals surface area contributed by atoms with Crippen molar-refractivity contribution < 1.29 is 9.18 Å². The molecule has 2 aromatic carbocycles. The van der Waals surface area contributed by atoms with Crippen molar-refractivity contribution in [1.82, 2.24) is 9.78 Å². The van der Waals surface area contributed by atoms with E-state index in [1.54, 1.807) is 16.8 Å². The van der Waals surface area contributed by atoms with Gasteiger partial charge in [-0.2, -0.15) is 5.10 Å². The fourth-order valence-electron chi connectivity index (χ4n) is 2.74. The van der Waals surface area contributed by atoms with Crippen LogP contribution in [0.4, 0.5) is 10.2 Å². The van der Waals surface area contributed by atoms with Crippen LogP contribution in [0.25, 0.3) is 5.69 Å². The van der Waals surface area contributed by atoms with E-state index >= 15 is 0 Å². The molecule has 0 radical (unpaired) electrons. The number of nitrogens with zero attached hydrogens (tertiary/aromatic N) is 2. The van der Waals surface area contributed by atoms with Crippen molar-refractivity contribution in [2.45, 2.75) is 39.5 Å². The van der Waals surface area contributed by atoms with E-state index in [4.69, 9.17) is 5.10 Å². The average molecular weight is 365 g/mol. The predicted octanol–water partition coefficient (Wildman–Crippen LogP) is 4.80. The van der Waals surface area contributed by atoms with Gasteiger partial charge in [0.25, 0.3) is 0 Å². The molecule has 1 aromatic heterocycles. The Hall–Kier alpha value is -2.95. The quantitative estimate of drug-likeness (QED) is 0.722. The van der Waals surface area contributed by atoms with E-state index in [0.717, 1.165) is 16.9 Å². The standard InChI is InChI=1S/C22H24FN3O/c1-15-8-10-18(11-9-15)26-20(14-19(25-26)22(2,3)4)24-21(27)13-16-6-5-7-17(23)12-16/h5-12,14H,13H2,1-4H3,(H,24,27). The first-order chi connectivity index (χ1) is 12.7. The molecule has 0 saturated heterocycles. The molecule has 1 N–H and O–H groups in total. The van der Waals surface area contributed by atoms with E-state index in [1.165, 1.54) is 12.1 Å². The molecule has 0 spiro atoms. The largest absolute Gasteiger partial charge is 0.310 e. The van der Waals surface area contributed by atoms with E-state index in [2.05, 4.69) is 26.1 Å². The second-order valence-corrected chi connectivity index (χ2v) is 7.77. The third-order valence-electron chi connectivity index (χ3n) is 4.28. The molecule has 0 aliphatic heterocycles. The lowest BCUT2D eigenvalue weighted by atomic mass is 9.92. The number of aryl methyl sites for hydroxylation is 1. The first-order valence-corrected chi connectivity index (χ1v) is 8.94. The summed E-state index contributed by atoms with van der Waals surface area (Å²) in [6.45, 7) is 8.25. The van der Waals surface area contributed by atoms with Crippen molar-refractivity contribution in [3.05, 3.63) is 77.2 Å². The Bertz CT molecular complexity index is 952. The molecule has 5 heteroatoms. The normalized spacial score (nSPS) is 11.4. The van der Waals surface area contributed by atoms with Crippen molar-refractivity contribution in [2.24, 2.45) is 0 Å². The fourth-order valence-corrected chi connectivity index (χ4v) is 2.74. The third-order valence-corrected chi connectivity index (χ3v) is 4.28. The molecule has 0 aliphatic carbocycles. The lowest BCUT2D eigenvalue weighted by Crippen LogP contribution is -2.17. The van der Waals surface area contributed by atoms with Gasteiger partial charge >= 0.3 is 0 Å². The number of benzene rings is 2. The van der Waals surface area contributed by atoms with Gasteiger partial charge in [-0.1, -0.05) is 50.6 Å². The van der Waals surface area contributed by atoms with Crippen molar-refractivity contribution in [1.29, 1.82) is 0 Å². The summed E-state index contributed by atoms with van der Waals surface area (Å²) in [5, 5.41) is 7.62. The van der Waals surface area contributed by atoms with Crippen LogP contribution in [-0.2, 0) is 16.6 Å². The zero-order valence-electron chi connectivity index (χ0n) is 16.1. The second kappa shape index (κ2) is 7.35. The van der Waals surface area contributed by atoms with Gasteiger partial charge in [0, 0.05) is 11.5 Å². The molecular formula is C22H24FN3O. The lowest BCUT2D eigenvalue weighted by molar-refractivity contribution is -0.115. The molecule has 3 aromatic rings. The maximum Gasteiger partial charge on any atom is 0.229 e. The molecule has 0 saturated carbocycles. The number of halogens is 1. The number of carbonyl (C=O) groups is 1. The number of aromatic nitrogens is 2. The van der Waals surface area contributed by atoms with Gasteiger partial charge in [0.05, 0.1) is 17.8 Å². The number of carbonyl (C=O) groups excluding carboxylic acids is 1. The van der Waals surface area contributed by atoms with Crippen molar-refractivity contribution >= 4 is 11.7 Å². The highest BCUT2D eigenvalue weighted by molar-refractivity contribution is 5.91. The van der Waals surface area contributed by atoms with Crippen LogP contribution in [0.2, 0.25) is 0 Å². The Balaban J connectivity index is 1.90. The zero-order chi connectivity index (χ0) is 19.6. The van der Waals surface area contributed by atoms with E-state index < -0.39 is 0 Å². The zero-order valence-corrected chi connectivity index (χ0v) is 16.1. The van der Waals surface area contributed by atoms with E-state index in [9.17, 15) is 9.18 Å². The number of rotatable bonds is 4. The Morgan fingerprint density at radius 1 is 1.11 bits per heavy atom. The summed E-state index contributed by atoms with van der Waals surface area (Å²) in [6.07, 6.45) is 0.0989. The van der Waals surface area contributed by atoms with Crippen molar-refractivity contribution in [2.75, 3.05) is 5.32 Å². The molecule has 4 nitrogen and oxygen atoms in total. The number of hydrogen-bond donors (Lipinski definition) is 1. The summed E-state index contributed by atoms with van der Waals surface area (Å²) in [4.78, 5) is 12.5. The summed E-state index contributed by atoms with van der Waals surface area (Å²) in [6, 6.07) is 15.9. The fraction of sp³-hybridized carbons (Fsp3) is 0.273. The third kappa shape index (κ3) is 4.61. The first-order valence-electron chi connectivity index (χ1n) is 8.94. The number of anilines is 1. The van der Waals surface area contributed by atoms with Crippen LogP contribution in [-0.4, -0.2) is 15.7 Å². The highest BCUT2D eigenvalue weighted by atomic mass is 19.1. The van der Waals surface area contributed by atoms with Gasteiger partial charge in [-0.15, -0.1) is 0 Å². The molecule has 1 heterocycles. The molecule has 3 rings (SSSR count). The summed E-state index contributed by atoms with van der Waals surface area (Å²) in [5.41, 5.74) is 3.38. The molecule has 0 bridgehead atoms. The van der Waals surface area contributed by atoms with Crippen LogP contribution in [0.1, 0.15) is 37.6 Å². The molecule has 0 aliphatic rings. The van der Waals surface area contributed by atoms with Crippen LogP contribution < -0.4 is 5.32 Å². The smallest absolute Gasteiger partial charge is 0.229 e. The SMILES string of the molecule is Cc1ccc(-n2nc(C(C)(C)C)cc2NC(=O)Cc2cccc(F)c2)cc1. The maximum atomic E-state index is 13.4. The molecule has 0 unspecified atom stereocenters. The topological polar surface area (TPSA) is 46.9 Å². The second-order valence-electron chi connectivity index (χ2n) is 7.77. The van der Waals surface area contributed by atoms with Gasteiger partial charge in [0.15, 0.2) is 0 Å². The van der Waals surface area contributed by atoms with Crippen LogP contribution in [0.15, 0.2) is 54.6 Å². The molecule has 0 atom stereocenters. The summed E-state index contributed by atoms with van der Waals surface area (Å²) >= 11 is 0. The van der Waals surface area contributed by atoms with E-state index in [-0.39, 0.29) is 23.6 Å². The van der Waals surface area contributed by atoms with Gasteiger partial charge in [0.2, 0.25) is 5.91 Å². The molecule has 1 amide bonds. The van der Waals surface area contributed by atoms with Gasteiger partial charge in [0.1, 0.15) is 11.6 Å². The predicted molar refractivity (Wildman–Crippen MR) is 106 cm³/mol. The first kappa shape index (κ1) is 18.8. The Morgan fingerprint density at radius 3 is 2.44 bits per heavy atom. The molecule has 140 valence electrons. The number of nitrogens with one attached hydrogen (secondary N) is 1. The monoisotopic (exact) mass is 365 g/mol.